The van der Waals surface area contributed by atoms with Crippen LogP contribution in [0.1, 0.15) is 71.8 Å². The molecule has 2 aliphatic heterocycles. The Kier molecular flexibility index (Phi) is 23.4. The third-order valence-electron chi connectivity index (χ3n) is 11.4. The molecule has 0 saturated carbocycles. The topological polar surface area (TPSA) is 401 Å². The minimum absolute atomic E-state index is 0.0364. The highest BCUT2D eigenvalue weighted by Gasteiger charge is 2.41. The van der Waals surface area contributed by atoms with Crippen molar-refractivity contribution in [2.24, 2.45) is 23.1 Å². The maximum atomic E-state index is 14.3. The largest absolute Gasteiger partial charge is 0.394 e. The number of hydrogen-bond acceptors (Lipinski definition) is 15. The Morgan fingerprint density at radius 1 is 0.667 bits per heavy atom. The van der Waals surface area contributed by atoms with Crippen LogP contribution in [0.15, 0.2) is 30.3 Å². The van der Waals surface area contributed by atoms with Crippen LogP contribution in [0.25, 0.3) is 0 Å². The molecule has 17 N–H and O–H groups in total. The van der Waals surface area contributed by atoms with Crippen LogP contribution in [0.2, 0.25) is 0 Å². The Morgan fingerprint density at radius 2 is 1.16 bits per heavy atom. The second-order valence-electron chi connectivity index (χ2n) is 17.5. The van der Waals surface area contributed by atoms with Crippen LogP contribution in [0.5, 0.6) is 0 Å². The molecule has 2 saturated heterocycles. The zero-order valence-electron chi connectivity index (χ0n) is 39.6. The van der Waals surface area contributed by atoms with Crippen LogP contribution < -0.4 is 65.1 Å². The van der Waals surface area contributed by atoms with Crippen molar-refractivity contribution in [1.29, 1.82) is 0 Å². The smallest absolute Gasteiger partial charge is 0.245 e. The molecule has 2 fully saturated rings. The number of nitrogens with one attached hydrogen (secondary N) is 9. The fourth-order valence-corrected chi connectivity index (χ4v) is 7.79. The first kappa shape index (κ1) is 57.0. The van der Waals surface area contributed by atoms with E-state index in [2.05, 4.69) is 47.9 Å². The molecule has 2 heterocycles. The second kappa shape index (κ2) is 28.3. The average Bonchev–Trinajstić information content (AvgIpc) is 3.64. The van der Waals surface area contributed by atoms with E-state index in [4.69, 9.17) is 17.2 Å². The maximum Gasteiger partial charge on any atom is 0.245 e. The molecule has 69 heavy (non-hydrogen) atoms. The van der Waals surface area contributed by atoms with E-state index < -0.39 is 139 Å². The highest BCUT2D eigenvalue weighted by atomic mass is 16.3. The third-order valence-corrected chi connectivity index (χ3v) is 11.4. The third kappa shape index (κ3) is 17.6. The summed E-state index contributed by atoms with van der Waals surface area (Å²) in [6.45, 7) is 4.29. The second-order valence-corrected chi connectivity index (χ2v) is 17.5. The summed E-state index contributed by atoms with van der Waals surface area (Å²) in [5.41, 5.74) is 18.1. The summed E-state index contributed by atoms with van der Waals surface area (Å²) in [5, 5.41) is 43.9. The van der Waals surface area contributed by atoms with Crippen LogP contribution in [0.4, 0.5) is 0 Å². The number of hydrogen-bond donors (Lipinski definition) is 14. The molecular formula is C44H71N13O12. The number of likely N-dealkylation sites (tertiary alicyclic amines) is 1. The van der Waals surface area contributed by atoms with Gasteiger partial charge in [-0.05, 0) is 76.6 Å². The molecule has 0 aromatic heterocycles. The van der Waals surface area contributed by atoms with E-state index in [1.807, 2.05) is 0 Å². The predicted octanol–water partition coefficient (Wildman–Crippen LogP) is -6.29. The Morgan fingerprint density at radius 3 is 1.67 bits per heavy atom. The van der Waals surface area contributed by atoms with Crippen molar-refractivity contribution in [3.05, 3.63) is 35.9 Å². The lowest BCUT2D eigenvalue weighted by Gasteiger charge is -2.29. The van der Waals surface area contributed by atoms with E-state index in [0.717, 1.165) is 4.90 Å². The molecule has 1 aromatic rings. The van der Waals surface area contributed by atoms with Crippen molar-refractivity contribution in [2.45, 2.75) is 133 Å². The van der Waals surface area contributed by atoms with Crippen LogP contribution >= 0.6 is 0 Å². The van der Waals surface area contributed by atoms with Crippen LogP contribution in [0.3, 0.4) is 0 Å². The van der Waals surface area contributed by atoms with Gasteiger partial charge in [0.2, 0.25) is 59.1 Å². The zero-order chi connectivity index (χ0) is 51.4. The molecule has 10 atom stereocenters. The number of amides is 10. The van der Waals surface area contributed by atoms with Gasteiger partial charge in [0, 0.05) is 26.4 Å². The lowest BCUT2D eigenvalue weighted by Crippen LogP contribution is -2.61. The van der Waals surface area contributed by atoms with E-state index in [9.17, 15) is 58.2 Å². The van der Waals surface area contributed by atoms with Crippen molar-refractivity contribution in [1.82, 2.24) is 52.8 Å². The fourth-order valence-electron chi connectivity index (χ4n) is 7.79. The first-order valence-corrected chi connectivity index (χ1v) is 23.2. The minimum Gasteiger partial charge on any atom is -0.394 e. The van der Waals surface area contributed by atoms with Crippen molar-refractivity contribution < 1.29 is 58.2 Å². The summed E-state index contributed by atoms with van der Waals surface area (Å²) in [6, 6.07) is -3.94. The first-order chi connectivity index (χ1) is 32.7. The van der Waals surface area contributed by atoms with Crippen molar-refractivity contribution in [2.75, 3.05) is 39.3 Å². The van der Waals surface area contributed by atoms with Gasteiger partial charge in [0.15, 0.2) is 0 Å². The molecule has 3 rings (SSSR count). The Hall–Kier alpha value is -6.28. The first-order valence-electron chi connectivity index (χ1n) is 23.2. The maximum absolute atomic E-state index is 14.3. The van der Waals surface area contributed by atoms with Gasteiger partial charge in [-0.1, -0.05) is 44.2 Å². The standard InChI is InChI=1S/C44H71N13O12/c1-23(2)20-32-40(65)52-27(10-15-45)36(61)51-29(12-17-47)39(64)56-35(24(3)59)43(68)48-18-13-30(53-42(67)34(22-58)57-19-14-31(44(57)69)49-25(4)60)38(63)50-28(11-16-46)37(62)55-33(41(66)54-32)21-26-8-6-5-7-9-26/h5-9,23-24,27-35,58-59H,10-22,45-47H2,1-4H3,(H,48,68)(H,49,60)(H,50,63)(H,51,61)(H,52,65)(H,53,67)(H,54,66)(H,55,62)(H,56,64)/t24-,27+,28+,29+,30+,31+,32+,33-,34-,35+/m1/s1. The summed E-state index contributed by atoms with van der Waals surface area (Å²) >= 11 is 0. The number of aliphatic hydroxyl groups is 2. The lowest BCUT2D eigenvalue weighted by molar-refractivity contribution is -0.142. The van der Waals surface area contributed by atoms with E-state index in [1.165, 1.54) is 13.8 Å². The van der Waals surface area contributed by atoms with Gasteiger partial charge in [-0.25, -0.2) is 0 Å². The zero-order valence-corrected chi connectivity index (χ0v) is 39.6. The van der Waals surface area contributed by atoms with Gasteiger partial charge >= 0.3 is 0 Å². The SMILES string of the molecule is CC(=O)N[C@H]1CCN([C@H](CO)C(=O)N[C@H]2CCNC(=O)[C@H]([C@@H](C)O)NC(=O)[C@H](CCN)NC(=O)[C@H](CCN)NC(=O)[C@H](CC(C)C)NC(=O)[C@@H](Cc3ccccc3)NC(=O)[C@H](CCN)NC2=O)C1=O. The van der Waals surface area contributed by atoms with Gasteiger partial charge in [-0.2, -0.15) is 0 Å². The average molecular weight is 974 g/mol. The van der Waals surface area contributed by atoms with Gasteiger partial charge < -0.3 is 80.2 Å². The molecule has 2 aliphatic rings. The summed E-state index contributed by atoms with van der Waals surface area (Å²) in [5.74, 6) is -8.53. The van der Waals surface area contributed by atoms with Crippen LogP contribution in [-0.2, 0) is 54.4 Å². The van der Waals surface area contributed by atoms with E-state index in [0.29, 0.717) is 5.56 Å². The summed E-state index contributed by atoms with van der Waals surface area (Å²) in [4.78, 5) is 137. The van der Waals surface area contributed by atoms with Gasteiger partial charge in [0.25, 0.3) is 0 Å². The van der Waals surface area contributed by atoms with Crippen molar-refractivity contribution in [3.8, 4) is 0 Å². The van der Waals surface area contributed by atoms with Crippen molar-refractivity contribution >= 4 is 59.1 Å². The number of benzene rings is 1. The Balaban J connectivity index is 2.12. The van der Waals surface area contributed by atoms with Gasteiger partial charge in [0.05, 0.1) is 12.7 Å². The number of rotatable bonds is 16. The van der Waals surface area contributed by atoms with Crippen molar-refractivity contribution in [3.63, 3.8) is 0 Å². The number of aliphatic hydroxyl groups excluding tert-OH is 2. The molecule has 0 bridgehead atoms. The normalized spacial score (nSPS) is 26.0. The molecule has 10 amide bonds. The molecule has 0 radical (unpaired) electrons. The Labute approximate surface area is 400 Å². The number of nitrogens with zero attached hydrogens (tertiary/aromatic N) is 1. The predicted molar refractivity (Wildman–Crippen MR) is 248 cm³/mol. The lowest BCUT2D eigenvalue weighted by atomic mass is 10.00. The van der Waals surface area contributed by atoms with Gasteiger partial charge in [-0.15, -0.1) is 0 Å². The molecule has 25 nitrogen and oxygen atoms in total. The number of carbonyl (C=O) groups is 10. The number of nitrogens with two attached hydrogens (primary N) is 3. The molecule has 0 aliphatic carbocycles. The molecule has 25 heteroatoms. The molecule has 1 aromatic carbocycles. The quantitative estimate of drug-likeness (QED) is 0.0733. The monoisotopic (exact) mass is 974 g/mol. The summed E-state index contributed by atoms with van der Waals surface area (Å²) in [6.07, 6.45) is -2.28. The highest BCUT2D eigenvalue weighted by Crippen LogP contribution is 2.16. The molecule has 0 spiro atoms. The van der Waals surface area contributed by atoms with E-state index in [1.54, 1.807) is 44.2 Å². The van der Waals surface area contributed by atoms with E-state index >= 15 is 0 Å². The number of carbonyl (C=O) groups excluding carboxylic acids is 10. The fraction of sp³-hybridized carbons (Fsp3) is 0.636. The van der Waals surface area contributed by atoms with Crippen LogP contribution in [0, 0.1) is 5.92 Å². The highest BCUT2D eigenvalue weighted by molar-refractivity contribution is 5.99. The minimum atomic E-state index is -1.64. The van der Waals surface area contributed by atoms with Crippen LogP contribution in [-0.4, -0.2) is 174 Å². The Bertz CT molecular complexity index is 1960. The summed E-state index contributed by atoms with van der Waals surface area (Å²) in [7, 11) is 0. The molecule has 384 valence electrons. The molecular weight excluding hydrogens is 903 g/mol. The summed E-state index contributed by atoms with van der Waals surface area (Å²) < 4.78 is 0. The van der Waals surface area contributed by atoms with E-state index in [-0.39, 0.29) is 70.6 Å². The van der Waals surface area contributed by atoms with Gasteiger partial charge in [0.1, 0.15) is 54.4 Å². The molecule has 0 unspecified atom stereocenters. The van der Waals surface area contributed by atoms with Gasteiger partial charge in [-0.3, -0.25) is 47.9 Å².